The number of nitrogens with one attached hydrogen (secondary N) is 1. The molecule has 112 valence electrons. The minimum Gasteiger partial charge on any atom is -0.453 e. The Kier molecular flexibility index (Phi) is 5.49. The normalized spacial score (nSPS) is 12.3. The van der Waals surface area contributed by atoms with Gasteiger partial charge >= 0.3 is 0 Å². The molecule has 0 aliphatic rings. The van der Waals surface area contributed by atoms with E-state index >= 15 is 0 Å². The Labute approximate surface area is 141 Å². The van der Waals surface area contributed by atoms with Gasteiger partial charge in [0.05, 0.1) is 10.0 Å². The summed E-state index contributed by atoms with van der Waals surface area (Å²) in [4.78, 5) is 0. The van der Waals surface area contributed by atoms with Crippen molar-refractivity contribution in [2.45, 2.75) is 13.0 Å². The molecule has 0 amide bonds. The Morgan fingerprint density at radius 2 is 1.86 bits per heavy atom. The van der Waals surface area contributed by atoms with Crippen LogP contribution in [0, 0.1) is 5.82 Å². The summed E-state index contributed by atoms with van der Waals surface area (Å²) in [5, 5.41) is 3.83. The van der Waals surface area contributed by atoms with Crippen LogP contribution in [0.1, 0.15) is 18.5 Å². The number of halogens is 4. The molecular formula is C15H13BrCl2FNO. The molecule has 2 rings (SSSR count). The monoisotopic (exact) mass is 391 g/mol. The summed E-state index contributed by atoms with van der Waals surface area (Å²) in [6, 6.07) is 8.01. The first-order valence-electron chi connectivity index (χ1n) is 6.21. The summed E-state index contributed by atoms with van der Waals surface area (Å²) in [5.74, 6) is -0.0507. The largest absolute Gasteiger partial charge is 0.453 e. The average molecular weight is 393 g/mol. The van der Waals surface area contributed by atoms with Gasteiger partial charge in [-0.2, -0.15) is 0 Å². The zero-order valence-electron chi connectivity index (χ0n) is 11.4. The molecule has 0 radical (unpaired) electrons. The van der Waals surface area contributed by atoms with Crippen molar-refractivity contribution in [2.75, 3.05) is 7.05 Å². The molecule has 0 bridgehead atoms. The molecule has 21 heavy (non-hydrogen) atoms. The van der Waals surface area contributed by atoms with Gasteiger partial charge in [0.2, 0.25) is 0 Å². The van der Waals surface area contributed by atoms with Gasteiger partial charge < -0.3 is 10.1 Å². The molecule has 0 aliphatic carbocycles. The third kappa shape index (κ3) is 3.89. The SMILES string of the molecule is CNC(C)c1ccc(Oc2cc(Cl)c(Br)cc2Cl)c(F)c1. The van der Waals surface area contributed by atoms with Crippen molar-refractivity contribution >= 4 is 39.1 Å². The Hall–Kier alpha value is -0.810. The lowest BCUT2D eigenvalue weighted by Crippen LogP contribution is -2.12. The van der Waals surface area contributed by atoms with Crippen molar-refractivity contribution in [3.05, 3.63) is 56.2 Å². The van der Waals surface area contributed by atoms with Crippen LogP contribution < -0.4 is 10.1 Å². The fourth-order valence-corrected chi connectivity index (χ4v) is 2.57. The zero-order valence-corrected chi connectivity index (χ0v) is 14.5. The van der Waals surface area contributed by atoms with Crippen molar-refractivity contribution in [3.8, 4) is 11.5 Å². The van der Waals surface area contributed by atoms with Gasteiger partial charge in [0, 0.05) is 16.6 Å². The molecule has 0 fully saturated rings. The maximum absolute atomic E-state index is 14.1. The standard InChI is InChI=1S/C15H13BrCl2FNO/c1-8(20-2)9-3-4-14(13(19)5-9)21-15-7-11(17)10(16)6-12(15)18/h3-8,20H,1-2H3. The fraction of sp³-hybridized carbons (Fsp3) is 0.200. The molecule has 0 aromatic heterocycles. The lowest BCUT2D eigenvalue weighted by atomic mass is 10.1. The quantitative estimate of drug-likeness (QED) is 0.647. The molecule has 0 heterocycles. The van der Waals surface area contributed by atoms with Crippen LogP contribution in [-0.2, 0) is 0 Å². The van der Waals surface area contributed by atoms with Crippen LogP contribution >= 0.6 is 39.1 Å². The van der Waals surface area contributed by atoms with Crippen molar-refractivity contribution in [2.24, 2.45) is 0 Å². The highest BCUT2D eigenvalue weighted by molar-refractivity contribution is 9.10. The van der Waals surface area contributed by atoms with E-state index in [1.165, 1.54) is 12.1 Å². The lowest BCUT2D eigenvalue weighted by molar-refractivity contribution is 0.441. The van der Waals surface area contributed by atoms with E-state index in [1.54, 1.807) is 18.2 Å². The Balaban J connectivity index is 2.30. The highest BCUT2D eigenvalue weighted by Crippen LogP contribution is 2.37. The van der Waals surface area contributed by atoms with E-state index in [-0.39, 0.29) is 11.8 Å². The predicted octanol–water partition coefficient (Wildman–Crippen LogP) is 5.97. The molecule has 0 saturated heterocycles. The number of rotatable bonds is 4. The van der Waals surface area contributed by atoms with Crippen molar-refractivity contribution in [3.63, 3.8) is 0 Å². The molecule has 0 aliphatic heterocycles. The highest BCUT2D eigenvalue weighted by Gasteiger charge is 2.12. The first-order valence-corrected chi connectivity index (χ1v) is 7.76. The van der Waals surface area contributed by atoms with Crippen LogP contribution in [0.5, 0.6) is 11.5 Å². The molecule has 6 heteroatoms. The molecular weight excluding hydrogens is 380 g/mol. The summed E-state index contributed by atoms with van der Waals surface area (Å²) < 4.78 is 20.3. The van der Waals surface area contributed by atoms with E-state index < -0.39 is 5.82 Å². The minimum absolute atomic E-state index is 0.0549. The first kappa shape index (κ1) is 16.6. The van der Waals surface area contributed by atoms with Gasteiger partial charge in [-0.3, -0.25) is 0 Å². The maximum atomic E-state index is 14.1. The smallest absolute Gasteiger partial charge is 0.166 e. The van der Waals surface area contributed by atoms with E-state index in [9.17, 15) is 4.39 Å². The number of benzene rings is 2. The van der Waals surface area contributed by atoms with Gasteiger partial charge in [-0.1, -0.05) is 29.3 Å². The summed E-state index contributed by atoms with van der Waals surface area (Å²) in [6.07, 6.45) is 0. The average Bonchev–Trinajstić information content (AvgIpc) is 2.45. The van der Waals surface area contributed by atoms with Crippen LogP contribution in [0.4, 0.5) is 4.39 Å². The second kappa shape index (κ2) is 6.97. The lowest BCUT2D eigenvalue weighted by Gasteiger charge is -2.13. The molecule has 0 spiro atoms. The van der Waals surface area contributed by atoms with Crippen LogP contribution in [0.2, 0.25) is 10.0 Å². The summed E-state index contributed by atoms with van der Waals surface area (Å²) >= 11 is 15.3. The van der Waals surface area contributed by atoms with Crippen LogP contribution in [0.25, 0.3) is 0 Å². The predicted molar refractivity (Wildman–Crippen MR) is 88.1 cm³/mol. The Bertz CT molecular complexity index is 666. The topological polar surface area (TPSA) is 21.3 Å². The third-order valence-corrected chi connectivity index (χ3v) is 4.58. The second-order valence-electron chi connectivity index (χ2n) is 4.50. The molecule has 1 unspecified atom stereocenters. The number of hydrogen-bond acceptors (Lipinski definition) is 2. The Morgan fingerprint density at radius 1 is 1.14 bits per heavy atom. The van der Waals surface area contributed by atoms with Gasteiger partial charge in [0.1, 0.15) is 5.75 Å². The fourth-order valence-electron chi connectivity index (χ4n) is 1.74. The maximum Gasteiger partial charge on any atom is 0.166 e. The number of hydrogen-bond donors (Lipinski definition) is 1. The van der Waals surface area contributed by atoms with Crippen LogP contribution in [0.3, 0.4) is 0 Å². The van der Waals surface area contributed by atoms with E-state index in [0.29, 0.717) is 20.3 Å². The molecule has 1 N–H and O–H groups in total. The number of ether oxygens (including phenoxy) is 1. The molecule has 2 nitrogen and oxygen atoms in total. The van der Waals surface area contributed by atoms with Crippen molar-refractivity contribution in [1.82, 2.24) is 5.32 Å². The van der Waals surface area contributed by atoms with Crippen LogP contribution in [0.15, 0.2) is 34.8 Å². The molecule has 2 aromatic carbocycles. The highest BCUT2D eigenvalue weighted by atomic mass is 79.9. The molecule has 1 atom stereocenters. The van der Waals surface area contributed by atoms with Gasteiger partial charge in [0.15, 0.2) is 11.6 Å². The second-order valence-corrected chi connectivity index (χ2v) is 6.17. The van der Waals surface area contributed by atoms with Gasteiger partial charge in [-0.15, -0.1) is 0 Å². The Morgan fingerprint density at radius 3 is 2.48 bits per heavy atom. The van der Waals surface area contributed by atoms with Gasteiger partial charge in [-0.05, 0) is 53.7 Å². The summed E-state index contributed by atoms with van der Waals surface area (Å²) in [6.45, 7) is 1.95. The van der Waals surface area contributed by atoms with Crippen LogP contribution in [-0.4, -0.2) is 7.05 Å². The van der Waals surface area contributed by atoms with E-state index in [0.717, 1.165) is 5.56 Å². The first-order chi connectivity index (χ1) is 9.92. The van der Waals surface area contributed by atoms with E-state index in [4.69, 9.17) is 27.9 Å². The minimum atomic E-state index is -0.454. The van der Waals surface area contributed by atoms with Crippen molar-refractivity contribution < 1.29 is 9.13 Å². The third-order valence-electron chi connectivity index (χ3n) is 3.08. The van der Waals surface area contributed by atoms with Gasteiger partial charge in [0.25, 0.3) is 0 Å². The molecule has 0 saturated carbocycles. The van der Waals surface area contributed by atoms with E-state index in [1.807, 2.05) is 14.0 Å². The summed E-state index contributed by atoms with van der Waals surface area (Å²) in [7, 11) is 1.82. The zero-order chi connectivity index (χ0) is 15.6. The summed E-state index contributed by atoms with van der Waals surface area (Å²) in [5.41, 5.74) is 0.835. The van der Waals surface area contributed by atoms with Crippen molar-refractivity contribution in [1.29, 1.82) is 0 Å². The van der Waals surface area contributed by atoms with E-state index in [2.05, 4.69) is 21.2 Å². The molecule has 2 aromatic rings. The van der Waals surface area contributed by atoms with Gasteiger partial charge in [-0.25, -0.2) is 4.39 Å².